The summed E-state index contributed by atoms with van der Waals surface area (Å²) in [7, 11) is 0. The first-order chi connectivity index (χ1) is 16.6. The highest BCUT2D eigenvalue weighted by Crippen LogP contribution is 2.23. The zero-order valence-electron chi connectivity index (χ0n) is 18.5. The van der Waals surface area contributed by atoms with Gasteiger partial charge in [0.25, 0.3) is 11.8 Å². The molecule has 0 aromatic heterocycles. The lowest BCUT2D eigenvalue weighted by Crippen LogP contribution is -2.38. The Balaban J connectivity index is 1.54. The highest BCUT2D eigenvalue weighted by atomic mass is 35.5. The topological polar surface area (TPSA) is 76.7 Å². The van der Waals surface area contributed by atoms with E-state index in [1.54, 1.807) is 36.4 Å². The number of benzene rings is 3. The van der Waals surface area contributed by atoms with Crippen LogP contribution in [0.4, 0.5) is 0 Å². The number of nitrogens with one attached hydrogen (secondary N) is 2. The largest absolute Gasteiger partial charge is 0.457 e. The second-order valence-electron chi connectivity index (χ2n) is 7.85. The zero-order chi connectivity index (χ0) is 23.8. The van der Waals surface area contributed by atoms with Crippen LogP contribution in [0.3, 0.4) is 0 Å². The van der Waals surface area contributed by atoms with Gasteiger partial charge in [-0.1, -0.05) is 41.9 Å². The van der Waals surface area contributed by atoms with Crippen LogP contribution in [0.5, 0.6) is 11.5 Å². The van der Waals surface area contributed by atoms with Gasteiger partial charge in [-0.2, -0.15) is 0 Å². The van der Waals surface area contributed by atoms with Gasteiger partial charge in [0.15, 0.2) is 0 Å². The normalized spacial score (nSPS) is 15.6. The van der Waals surface area contributed by atoms with E-state index in [0.717, 1.165) is 12.8 Å². The third-order valence-electron chi connectivity index (χ3n) is 5.26. The molecule has 1 aliphatic rings. The molecule has 4 rings (SSSR count). The minimum absolute atomic E-state index is 0.0141. The van der Waals surface area contributed by atoms with Crippen molar-refractivity contribution in [2.24, 2.45) is 0 Å². The fourth-order valence-electron chi connectivity index (χ4n) is 3.52. The molecule has 174 valence electrons. The minimum Gasteiger partial charge on any atom is -0.457 e. The first-order valence-corrected chi connectivity index (χ1v) is 11.5. The van der Waals surface area contributed by atoms with E-state index in [2.05, 4.69) is 10.6 Å². The molecule has 0 saturated carbocycles. The fourth-order valence-corrected chi connectivity index (χ4v) is 3.65. The van der Waals surface area contributed by atoms with Crippen molar-refractivity contribution in [1.82, 2.24) is 10.6 Å². The standard InChI is InChI=1S/C27H25ClN2O4/c28-21-13-11-20(12-14-21)26(31)30-25(27(32)29-18-24-10-5-15-33-24)17-19-6-4-9-23(16-19)34-22-7-2-1-3-8-22/h1-4,6-9,11-14,16-17,24H,5,10,15,18H2,(H,29,32)(H,30,31)/b25-17+. The van der Waals surface area contributed by atoms with Crippen LogP contribution < -0.4 is 15.4 Å². The summed E-state index contributed by atoms with van der Waals surface area (Å²) in [5.74, 6) is 0.511. The Morgan fingerprint density at radius 1 is 1.00 bits per heavy atom. The number of carbonyl (C=O) groups excluding carboxylic acids is 2. The summed E-state index contributed by atoms with van der Waals surface area (Å²) in [6.45, 7) is 1.08. The summed E-state index contributed by atoms with van der Waals surface area (Å²) in [5, 5.41) is 6.12. The Morgan fingerprint density at radius 3 is 2.50 bits per heavy atom. The smallest absolute Gasteiger partial charge is 0.267 e. The molecular weight excluding hydrogens is 452 g/mol. The van der Waals surface area contributed by atoms with Crippen LogP contribution in [0.2, 0.25) is 5.02 Å². The number of hydrogen-bond donors (Lipinski definition) is 2. The molecule has 7 heteroatoms. The number of rotatable bonds is 8. The van der Waals surface area contributed by atoms with E-state index in [9.17, 15) is 9.59 Å². The van der Waals surface area contributed by atoms with Crippen molar-refractivity contribution in [3.63, 3.8) is 0 Å². The predicted molar refractivity (Wildman–Crippen MR) is 132 cm³/mol. The summed E-state index contributed by atoms with van der Waals surface area (Å²) in [4.78, 5) is 25.8. The maximum Gasteiger partial charge on any atom is 0.267 e. The molecule has 0 spiro atoms. The van der Waals surface area contributed by atoms with E-state index < -0.39 is 11.8 Å². The molecule has 1 fully saturated rings. The molecule has 0 radical (unpaired) electrons. The Morgan fingerprint density at radius 2 is 1.76 bits per heavy atom. The second-order valence-corrected chi connectivity index (χ2v) is 8.29. The van der Waals surface area contributed by atoms with Gasteiger partial charge in [0.05, 0.1) is 6.10 Å². The molecule has 3 aromatic carbocycles. The van der Waals surface area contributed by atoms with E-state index in [0.29, 0.717) is 40.8 Å². The lowest BCUT2D eigenvalue weighted by atomic mass is 10.1. The summed E-state index contributed by atoms with van der Waals surface area (Å²) in [5.41, 5.74) is 1.21. The van der Waals surface area contributed by atoms with Gasteiger partial charge in [-0.05, 0) is 73.0 Å². The first-order valence-electron chi connectivity index (χ1n) is 11.1. The highest BCUT2D eigenvalue weighted by Gasteiger charge is 2.19. The van der Waals surface area contributed by atoms with Crippen molar-refractivity contribution in [3.8, 4) is 11.5 Å². The van der Waals surface area contributed by atoms with Gasteiger partial charge < -0.3 is 20.1 Å². The average molecular weight is 477 g/mol. The second kappa shape index (κ2) is 11.5. The van der Waals surface area contributed by atoms with Crippen molar-refractivity contribution < 1.29 is 19.1 Å². The van der Waals surface area contributed by atoms with Crippen LogP contribution >= 0.6 is 11.6 Å². The number of ether oxygens (including phenoxy) is 2. The number of hydrogen-bond acceptors (Lipinski definition) is 4. The quantitative estimate of drug-likeness (QED) is 0.438. The number of halogens is 1. The van der Waals surface area contributed by atoms with Crippen molar-refractivity contribution in [2.75, 3.05) is 13.2 Å². The summed E-state index contributed by atoms with van der Waals surface area (Å²) in [6, 6.07) is 23.2. The van der Waals surface area contributed by atoms with E-state index >= 15 is 0 Å². The Bertz CT molecular complexity index is 1160. The van der Waals surface area contributed by atoms with E-state index in [-0.39, 0.29) is 11.8 Å². The van der Waals surface area contributed by atoms with Gasteiger partial charge >= 0.3 is 0 Å². The highest BCUT2D eigenvalue weighted by molar-refractivity contribution is 6.30. The molecule has 3 aromatic rings. The molecule has 0 aliphatic carbocycles. The molecule has 2 N–H and O–H groups in total. The predicted octanol–water partition coefficient (Wildman–Crippen LogP) is 5.20. The van der Waals surface area contributed by atoms with Gasteiger partial charge in [-0.15, -0.1) is 0 Å². The SMILES string of the molecule is O=C(NCC1CCCO1)/C(=C\c1cccc(Oc2ccccc2)c1)NC(=O)c1ccc(Cl)cc1. The number of carbonyl (C=O) groups is 2. The van der Waals surface area contributed by atoms with Crippen LogP contribution in [-0.2, 0) is 9.53 Å². The average Bonchev–Trinajstić information content (AvgIpc) is 3.37. The summed E-state index contributed by atoms with van der Waals surface area (Å²) in [6.07, 6.45) is 3.48. The van der Waals surface area contributed by atoms with E-state index in [4.69, 9.17) is 21.1 Å². The third-order valence-corrected chi connectivity index (χ3v) is 5.51. The molecule has 0 bridgehead atoms. The van der Waals surface area contributed by atoms with Crippen LogP contribution in [0.25, 0.3) is 6.08 Å². The molecule has 6 nitrogen and oxygen atoms in total. The molecule has 1 atom stereocenters. The zero-order valence-corrected chi connectivity index (χ0v) is 19.3. The van der Waals surface area contributed by atoms with Crippen molar-refractivity contribution in [3.05, 3.63) is 101 Å². The Kier molecular flexibility index (Phi) is 7.96. The molecule has 1 saturated heterocycles. The Labute approximate surface area is 203 Å². The van der Waals surface area contributed by atoms with Gasteiger partial charge in [0, 0.05) is 23.7 Å². The van der Waals surface area contributed by atoms with Crippen molar-refractivity contribution in [1.29, 1.82) is 0 Å². The van der Waals surface area contributed by atoms with Crippen LogP contribution in [0, 0.1) is 0 Å². The maximum atomic E-state index is 13.0. The number of amides is 2. The summed E-state index contributed by atoms with van der Waals surface area (Å²) >= 11 is 5.93. The van der Waals surface area contributed by atoms with E-state index in [1.165, 1.54) is 0 Å². The lowest BCUT2D eigenvalue weighted by molar-refractivity contribution is -0.118. The van der Waals surface area contributed by atoms with Gasteiger partial charge in [-0.25, -0.2) is 0 Å². The van der Waals surface area contributed by atoms with Crippen molar-refractivity contribution in [2.45, 2.75) is 18.9 Å². The van der Waals surface area contributed by atoms with Crippen LogP contribution in [-0.4, -0.2) is 31.1 Å². The maximum absolute atomic E-state index is 13.0. The molecule has 1 heterocycles. The van der Waals surface area contributed by atoms with Crippen LogP contribution in [0.15, 0.2) is 84.6 Å². The number of para-hydroxylation sites is 1. The molecule has 1 unspecified atom stereocenters. The Hall–Kier alpha value is -3.61. The minimum atomic E-state index is -0.410. The van der Waals surface area contributed by atoms with E-state index in [1.807, 2.05) is 48.5 Å². The van der Waals surface area contributed by atoms with Crippen LogP contribution in [0.1, 0.15) is 28.8 Å². The first kappa shape index (κ1) is 23.5. The summed E-state index contributed by atoms with van der Waals surface area (Å²) < 4.78 is 11.5. The van der Waals surface area contributed by atoms with Gasteiger partial charge in [-0.3, -0.25) is 9.59 Å². The fraction of sp³-hybridized carbons (Fsp3) is 0.185. The third kappa shape index (κ3) is 6.70. The molecule has 2 amide bonds. The lowest BCUT2D eigenvalue weighted by Gasteiger charge is -2.14. The monoisotopic (exact) mass is 476 g/mol. The molecular formula is C27H25ClN2O4. The van der Waals surface area contributed by atoms with Crippen molar-refractivity contribution >= 4 is 29.5 Å². The molecule has 34 heavy (non-hydrogen) atoms. The molecule has 1 aliphatic heterocycles. The van der Waals surface area contributed by atoms with Gasteiger partial charge in [0.2, 0.25) is 0 Å². The van der Waals surface area contributed by atoms with Gasteiger partial charge in [0.1, 0.15) is 17.2 Å².